The Hall–Kier alpha value is -0.960. The molecule has 0 spiro atoms. The third kappa shape index (κ3) is 2.81. The van der Waals surface area contributed by atoms with E-state index >= 15 is 0 Å². The smallest absolute Gasteiger partial charge is 0.0421 e. The Morgan fingerprint density at radius 2 is 1.79 bits per heavy atom. The molecule has 2 unspecified atom stereocenters. The van der Waals surface area contributed by atoms with Crippen LogP contribution in [0.1, 0.15) is 23.6 Å². The predicted molar refractivity (Wildman–Crippen MR) is 82.8 cm³/mol. The largest absolute Gasteiger partial charge is 0.323 e. The van der Waals surface area contributed by atoms with E-state index in [0.717, 1.165) is 17.9 Å². The molecule has 2 aromatic rings. The van der Waals surface area contributed by atoms with Gasteiger partial charge in [0.1, 0.15) is 0 Å². The number of benzene rings is 2. The van der Waals surface area contributed by atoms with Crippen molar-refractivity contribution in [2.75, 3.05) is 0 Å². The molecule has 2 atom stereocenters. The summed E-state index contributed by atoms with van der Waals surface area (Å²) in [6.45, 7) is 0. The summed E-state index contributed by atoms with van der Waals surface area (Å²) in [6, 6.07) is 16.7. The van der Waals surface area contributed by atoms with Gasteiger partial charge >= 0.3 is 0 Å². The standard InChI is InChI=1S/C16H16ClNS/c17-12-6-8-13(9-7-12)19-15-10-5-11-3-1-2-4-14(11)16(15)18/h1-4,6-9,15-16H,5,10,18H2. The topological polar surface area (TPSA) is 26.0 Å². The second kappa shape index (κ2) is 5.58. The van der Waals surface area contributed by atoms with E-state index in [1.165, 1.54) is 16.0 Å². The van der Waals surface area contributed by atoms with Crippen LogP contribution in [0.15, 0.2) is 53.4 Å². The van der Waals surface area contributed by atoms with E-state index in [9.17, 15) is 0 Å². The van der Waals surface area contributed by atoms with Gasteiger partial charge in [-0.05, 0) is 48.2 Å². The highest BCUT2D eigenvalue weighted by Crippen LogP contribution is 2.38. The molecule has 1 nitrogen and oxygen atoms in total. The normalized spacial score (nSPS) is 22.0. The quantitative estimate of drug-likeness (QED) is 0.884. The number of rotatable bonds is 2. The molecule has 1 aliphatic rings. The zero-order valence-electron chi connectivity index (χ0n) is 10.6. The van der Waals surface area contributed by atoms with Crippen LogP contribution in [0.4, 0.5) is 0 Å². The first-order valence-electron chi connectivity index (χ1n) is 6.49. The fourth-order valence-electron chi connectivity index (χ4n) is 2.58. The highest BCUT2D eigenvalue weighted by atomic mass is 35.5. The first kappa shape index (κ1) is 13.0. The summed E-state index contributed by atoms with van der Waals surface area (Å²) in [4.78, 5) is 1.24. The van der Waals surface area contributed by atoms with Crippen LogP contribution in [0, 0.1) is 0 Å². The summed E-state index contributed by atoms with van der Waals surface area (Å²) in [6.07, 6.45) is 2.25. The van der Waals surface area contributed by atoms with Crippen molar-refractivity contribution in [1.82, 2.24) is 0 Å². The highest BCUT2D eigenvalue weighted by molar-refractivity contribution is 8.00. The molecule has 0 aromatic heterocycles. The number of nitrogens with two attached hydrogens (primary N) is 1. The molecule has 1 aliphatic carbocycles. The Balaban J connectivity index is 1.79. The molecule has 0 heterocycles. The Bertz CT molecular complexity index is 567. The minimum Gasteiger partial charge on any atom is -0.323 e. The van der Waals surface area contributed by atoms with Crippen LogP contribution in [0.5, 0.6) is 0 Å². The Morgan fingerprint density at radius 3 is 2.58 bits per heavy atom. The van der Waals surface area contributed by atoms with E-state index in [1.807, 2.05) is 23.9 Å². The van der Waals surface area contributed by atoms with Crippen molar-refractivity contribution >= 4 is 23.4 Å². The molecular weight excluding hydrogens is 274 g/mol. The second-order valence-electron chi connectivity index (χ2n) is 4.87. The third-order valence-corrected chi connectivity index (χ3v) is 5.24. The van der Waals surface area contributed by atoms with Crippen molar-refractivity contribution in [3.63, 3.8) is 0 Å². The van der Waals surface area contributed by atoms with Gasteiger partial charge in [0.05, 0.1) is 0 Å². The minimum atomic E-state index is 0.116. The van der Waals surface area contributed by atoms with Crippen LogP contribution in [-0.2, 0) is 6.42 Å². The fourth-order valence-corrected chi connectivity index (χ4v) is 3.88. The molecule has 0 fully saturated rings. The van der Waals surface area contributed by atoms with Gasteiger partial charge in [0, 0.05) is 21.2 Å². The molecule has 0 amide bonds. The lowest BCUT2D eigenvalue weighted by Crippen LogP contribution is -2.29. The maximum Gasteiger partial charge on any atom is 0.0421 e. The lowest BCUT2D eigenvalue weighted by molar-refractivity contribution is 0.587. The molecule has 2 aromatic carbocycles. The number of aryl methyl sites for hydroxylation is 1. The summed E-state index contributed by atoms with van der Waals surface area (Å²) in [5.41, 5.74) is 9.13. The number of fused-ring (bicyclic) bond motifs is 1. The zero-order chi connectivity index (χ0) is 13.2. The summed E-state index contributed by atoms with van der Waals surface area (Å²) < 4.78 is 0. The third-order valence-electron chi connectivity index (χ3n) is 3.61. The van der Waals surface area contributed by atoms with Crippen molar-refractivity contribution in [1.29, 1.82) is 0 Å². The van der Waals surface area contributed by atoms with E-state index in [-0.39, 0.29) is 6.04 Å². The van der Waals surface area contributed by atoms with Crippen LogP contribution in [-0.4, -0.2) is 5.25 Å². The van der Waals surface area contributed by atoms with Gasteiger partial charge in [-0.3, -0.25) is 0 Å². The predicted octanol–water partition coefficient (Wildman–Crippen LogP) is 4.45. The molecule has 0 radical (unpaired) electrons. The first-order chi connectivity index (χ1) is 9.24. The summed E-state index contributed by atoms with van der Waals surface area (Å²) in [5, 5.41) is 1.22. The van der Waals surface area contributed by atoms with Gasteiger partial charge in [-0.2, -0.15) is 0 Å². The number of halogens is 1. The maximum atomic E-state index is 6.42. The summed E-state index contributed by atoms with van der Waals surface area (Å²) >= 11 is 7.78. The zero-order valence-corrected chi connectivity index (χ0v) is 12.1. The van der Waals surface area contributed by atoms with Gasteiger partial charge in [-0.1, -0.05) is 35.9 Å². The van der Waals surface area contributed by atoms with Gasteiger partial charge in [-0.15, -0.1) is 11.8 Å². The van der Waals surface area contributed by atoms with Crippen LogP contribution in [0.25, 0.3) is 0 Å². The van der Waals surface area contributed by atoms with Gasteiger partial charge in [-0.25, -0.2) is 0 Å². The van der Waals surface area contributed by atoms with Crippen LogP contribution >= 0.6 is 23.4 Å². The van der Waals surface area contributed by atoms with Gasteiger partial charge in [0.25, 0.3) is 0 Å². The lowest BCUT2D eigenvalue weighted by atomic mass is 9.88. The van der Waals surface area contributed by atoms with E-state index in [2.05, 4.69) is 36.4 Å². The Labute approximate surface area is 123 Å². The van der Waals surface area contributed by atoms with E-state index in [0.29, 0.717) is 5.25 Å². The number of hydrogen-bond acceptors (Lipinski definition) is 2. The molecule has 0 aliphatic heterocycles. The van der Waals surface area contributed by atoms with Gasteiger partial charge in [0.15, 0.2) is 0 Å². The van der Waals surface area contributed by atoms with E-state index in [4.69, 9.17) is 17.3 Å². The summed E-state index contributed by atoms with van der Waals surface area (Å²) in [7, 11) is 0. The monoisotopic (exact) mass is 289 g/mol. The average Bonchev–Trinajstić information content (AvgIpc) is 2.45. The fraction of sp³-hybridized carbons (Fsp3) is 0.250. The molecule has 2 N–H and O–H groups in total. The number of hydrogen-bond donors (Lipinski definition) is 1. The molecule has 0 bridgehead atoms. The van der Waals surface area contributed by atoms with Crippen LogP contribution < -0.4 is 5.73 Å². The van der Waals surface area contributed by atoms with Gasteiger partial charge in [0.2, 0.25) is 0 Å². The minimum absolute atomic E-state index is 0.116. The van der Waals surface area contributed by atoms with Gasteiger partial charge < -0.3 is 5.73 Å². The van der Waals surface area contributed by atoms with Crippen molar-refractivity contribution in [3.05, 3.63) is 64.7 Å². The van der Waals surface area contributed by atoms with Crippen molar-refractivity contribution < 1.29 is 0 Å². The van der Waals surface area contributed by atoms with E-state index in [1.54, 1.807) is 0 Å². The lowest BCUT2D eigenvalue weighted by Gasteiger charge is -2.30. The summed E-state index contributed by atoms with van der Waals surface area (Å²) in [5.74, 6) is 0. The van der Waals surface area contributed by atoms with E-state index < -0.39 is 0 Å². The number of thioether (sulfide) groups is 1. The SMILES string of the molecule is NC1c2ccccc2CCC1Sc1ccc(Cl)cc1. The van der Waals surface area contributed by atoms with Crippen LogP contribution in [0.3, 0.4) is 0 Å². The van der Waals surface area contributed by atoms with Crippen molar-refractivity contribution in [3.8, 4) is 0 Å². The molecular formula is C16H16ClNS. The van der Waals surface area contributed by atoms with Crippen molar-refractivity contribution in [2.24, 2.45) is 5.73 Å². The molecule has 0 saturated carbocycles. The van der Waals surface area contributed by atoms with Crippen LogP contribution in [0.2, 0.25) is 5.02 Å². The second-order valence-corrected chi connectivity index (χ2v) is 6.62. The highest BCUT2D eigenvalue weighted by Gasteiger charge is 2.26. The molecule has 3 rings (SSSR count). The van der Waals surface area contributed by atoms with Crippen molar-refractivity contribution in [2.45, 2.75) is 29.0 Å². The molecule has 98 valence electrons. The molecule has 3 heteroatoms. The Kier molecular flexibility index (Phi) is 3.83. The maximum absolute atomic E-state index is 6.42. The first-order valence-corrected chi connectivity index (χ1v) is 7.75. The molecule has 0 saturated heterocycles. The average molecular weight is 290 g/mol. The Morgan fingerprint density at radius 1 is 1.05 bits per heavy atom. The molecule has 19 heavy (non-hydrogen) atoms.